The first-order valence-electron chi connectivity index (χ1n) is 4.65. The van der Waals surface area contributed by atoms with E-state index in [9.17, 15) is 0 Å². The van der Waals surface area contributed by atoms with E-state index in [1.165, 1.54) is 23.9 Å². The SMILES string of the molecule is CC1=C[N+]2(C)CCC(C)C2C1. The minimum absolute atomic E-state index is 0.912. The summed E-state index contributed by atoms with van der Waals surface area (Å²) in [4.78, 5) is 0. The summed E-state index contributed by atoms with van der Waals surface area (Å²) in [6.45, 7) is 6.04. The monoisotopic (exact) mass is 152 g/mol. The van der Waals surface area contributed by atoms with Crippen LogP contribution in [0.3, 0.4) is 0 Å². The van der Waals surface area contributed by atoms with Gasteiger partial charge in [0.2, 0.25) is 0 Å². The smallest absolute Gasteiger partial charge is 0.0997 e. The Hall–Kier alpha value is -0.300. The number of fused-ring (bicyclic) bond motifs is 1. The Morgan fingerprint density at radius 3 is 2.91 bits per heavy atom. The first kappa shape index (κ1) is 7.35. The molecule has 0 aliphatic carbocycles. The second kappa shape index (κ2) is 2.10. The van der Waals surface area contributed by atoms with Crippen molar-refractivity contribution in [1.29, 1.82) is 0 Å². The summed E-state index contributed by atoms with van der Waals surface area (Å²) in [5.41, 5.74) is 1.60. The van der Waals surface area contributed by atoms with Crippen molar-refractivity contribution in [1.82, 2.24) is 0 Å². The second-order valence-electron chi connectivity index (χ2n) is 4.58. The van der Waals surface area contributed by atoms with E-state index in [1.54, 1.807) is 5.57 Å². The summed E-state index contributed by atoms with van der Waals surface area (Å²) in [7, 11) is 2.38. The largest absolute Gasteiger partial charge is 0.297 e. The number of rotatable bonds is 0. The van der Waals surface area contributed by atoms with Crippen LogP contribution in [-0.4, -0.2) is 24.1 Å². The van der Waals surface area contributed by atoms with Crippen LogP contribution >= 0.6 is 0 Å². The van der Waals surface area contributed by atoms with Gasteiger partial charge < -0.3 is 0 Å². The van der Waals surface area contributed by atoms with Crippen molar-refractivity contribution in [3.05, 3.63) is 11.8 Å². The summed E-state index contributed by atoms with van der Waals surface area (Å²) in [6.07, 6.45) is 5.23. The Labute approximate surface area is 69.3 Å². The first-order valence-corrected chi connectivity index (χ1v) is 4.65. The molecule has 2 aliphatic heterocycles. The van der Waals surface area contributed by atoms with Crippen LogP contribution in [0.15, 0.2) is 11.8 Å². The number of nitrogens with zero attached hydrogens (tertiary/aromatic N) is 1. The zero-order valence-corrected chi connectivity index (χ0v) is 7.80. The van der Waals surface area contributed by atoms with Crippen LogP contribution in [0.5, 0.6) is 0 Å². The van der Waals surface area contributed by atoms with Gasteiger partial charge in [0, 0.05) is 18.8 Å². The normalized spacial score (nSPS) is 49.2. The fraction of sp³-hybridized carbons (Fsp3) is 0.800. The van der Waals surface area contributed by atoms with Crippen LogP contribution in [-0.2, 0) is 0 Å². The zero-order chi connectivity index (χ0) is 8.06. The molecule has 1 saturated heterocycles. The fourth-order valence-electron chi connectivity index (χ4n) is 2.88. The molecule has 0 aromatic heterocycles. The van der Waals surface area contributed by atoms with Gasteiger partial charge in [0.1, 0.15) is 0 Å². The molecule has 0 aromatic rings. The van der Waals surface area contributed by atoms with Crippen LogP contribution in [0.2, 0.25) is 0 Å². The molecule has 0 saturated carbocycles. The molecule has 0 radical (unpaired) electrons. The highest BCUT2D eigenvalue weighted by molar-refractivity contribution is 5.04. The van der Waals surface area contributed by atoms with Gasteiger partial charge in [-0.25, -0.2) is 0 Å². The Balaban J connectivity index is 2.27. The van der Waals surface area contributed by atoms with Crippen LogP contribution in [0, 0.1) is 5.92 Å². The lowest BCUT2D eigenvalue weighted by Gasteiger charge is -2.28. The quantitative estimate of drug-likeness (QED) is 0.467. The molecule has 1 heteroatoms. The van der Waals surface area contributed by atoms with Crippen molar-refractivity contribution in [3.63, 3.8) is 0 Å². The zero-order valence-electron chi connectivity index (χ0n) is 7.80. The Kier molecular flexibility index (Phi) is 1.40. The Morgan fingerprint density at radius 2 is 2.27 bits per heavy atom. The molecule has 3 atom stereocenters. The molecule has 62 valence electrons. The van der Waals surface area contributed by atoms with Crippen molar-refractivity contribution < 1.29 is 4.48 Å². The maximum atomic E-state index is 2.47. The molecule has 1 fully saturated rings. The molecule has 2 rings (SSSR count). The van der Waals surface area contributed by atoms with E-state index in [2.05, 4.69) is 27.1 Å². The minimum Gasteiger partial charge on any atom is -0.297 e. The minimum atomic E-state index is 0.912. The molecule has 1 nitrogen and oxygen atoms in total. The third-order valence-corrected chi connectivity index (χ3v) is 3.53. The molecule has 3 unspecified atom stereocenters. The summed E-state index contributed by atoms with van der Waals surface area (Å²) in [5, 5.41) is 0. The summed E-state index contributed by atoms with van der Waals surface area (Å²) in [6, 6.07) is 0.912. The van der Waals surface area contributed by atoms with Gasteiger partial charge in [-0.3, -0.25) is 4.48 Å². The molecule has 2 heterocycles. The first-order chi connectivity index (χ1) is 5.12. The summed E-state index contributed by atoms with van der Waals surface area (Å²) < 4.78 is 1.23. The number of quaternary nitrogens is 1. The third kappa shape index (κ3) is 0.943. The fourth-order valence-corrected chi connectivity index (χ4v) is 2.88. The third-order valence-electron chi connectivity index (χ3n) is 3.53. The predicted molar refractivity (Wildman–Crippen MR) is 47.0 cm³/mol. The molecule has 0 amide bonds. The van der Waals surface area contributed by atoms with Gasteiger partial charge in [-0.05, 0) is 12.5 Å². The van der Waals surface area contributed by atoms with Crippen LogP contribution in [0.4, 0.5) is 0 Å². The summed E-state index contributed by atoms with van der Waals surface area (Å²) >= 11 is 0. The van der Waals surface area contributed by atoms with Crippen molar-refractivity contribution in [2.24, 2.45) is 5.92 Å². The van der Waals surface area contributed by atoms with Crippen LogP contribution < -0.4 is 0 Å². The summed E-state index contributed by atoms with van der Waals surface area (Å²) in [5.74, 6) is 0.939. The maximum absolute atomic E-state index is 2.47. The molecular formula is C10H18N+. The van der Waals surface area contributed by atoms with Gasteiger partial charge in [0.15, 0.2) is 0 Å². The van der Waals surface area contributed by atoms with Gasteiger partial charge >= 0.3 is 0 Å². The molecule has 0 aromatic carbocycles. The van der Waals surface area contributed by atoms with Gasteiger partial charge in [-0.2, -0.15) is 0 Å². The highest BCUT2D eigenvalue weighted by Crippen LogP contribution is 2.39. The Bertz CT molecular complexity index is 207. The average Bonchev–Trinajstić information content (AvgIpc) is 2.32. The molecule has 0 spiro atoms. The van der Waals surface area contributed by atoms with Crippen molar-refractivity contribution in [3.8, 4) is 0 Å². The number of hydrogen-bond acceptors (Lipinski definition) is 0. The van der Waals surface area contributed by atoms with Gasteiger partial charge in [0.25, 0.3) is 0 Å². The second-order valence-corrected chi connectivity index (χ2v) is 4.58. The highest BCUT2D eigenvalue weighted by Gasteiger charge is 2.45. The molecular weight excluding hydrogens is 134 g/mol. The standard InChI is InChI=1S/C10H18N/c1-8-6-10-9(2)4-5-11(10,3)7-8/h7,9-10H,4-6H2,1-3H3/q+1. The van der Waals surface area contributed by atoms with Gasteiger partial charge in [0.05, 0.1) is 25.8 Å². The van der Waals surface area contributed by atoms with E-state index in [-0.39, 0.29) is 0 Å². The Morgan fingerprint density at radius 1 is 1.55 bits per heavy atom. The molecule has 0 bridgehead atoms. The average molecular weight is 152 g/mol. The van der Waals surface area contributed by atoms with Crippen LogP contribution in [0.25, 0.3) is 0 Å². The highest BCUT2D eigenvalue weighted by atomic mass is 15.4. The molecule has 0 N–H and O–H groups in total. The van der Waals surface area contributed by atoms with Crippen molar-refractivity contribution in [2.75, 3.05) is 13.6 Å². The van der Waals surface area contributed by atoms with E-state index in [1.807, 2.05) is 0 Å². The van der Waals surface area contributed by atoms with Crippen LogP contribution in [0.1, 0.15) is 26.7 Å². The van der Waals surface area contributed by atoms with Gasteiger partial charge in [-0.15, -0.1) is 0 Å². The van der Waals surface area contributed by atoms with E-state index in [0.29, 0.717) is 0 Å². The van der Waals surface area contributed by atoms with E-state index in [4.69, 9.17) is 0 Å². The van der Waals surface area contributed by atoms with Crippen molar-refractivity contribution in [2.45, 2.75) is 32.7 Å². The number of hydrogen-bond donors (Lipinski definition) is 0. The lowest BCUT2D eigenvalue weighted by Crippen LogP contribution is -2.40. The van der Waals surface area contributed by atoms with E-state index in [0.717, 1.165) is 12.0 Å². The predicted octanol–water partition coefficient (Wildman–Crippen LogP) is 2.15. The van der Waals surface area contributed by atoms with E-state index >= 15 is 0 Å². The van der Waals surface area contributed by atoms with Crippen molar-refractivity contribution >= 4 is 0 Å². The topological polar surface area (TPSA) is 0 Å². The lowest BCUT2D eigenvalue weighted by atomic mass is 9.99. The van der Waals surface area contributed by atoms with E-state index < -0.39 is 0 Å². The lowest BCUT2D eigenvalue weighted by molar-refractivity contribution is -0.867. The molecule has 2 aliphatic rings. The maximum Gasteiger partial charge on any atom is 0.0997 e. The molecule has 11 heavy (non-hydrogen) atoms. The van der Waals surface area contributed by atoms with Gasteiger partial charge in [-0.1, -0.05) is 6.92 Å².